The zero-order chi connectivity index (χ0) is 13.7. The number of nitrogens with one attached hydrogen (secondary N) is 1. The van der Waals surface area contributed by atoms with Crippen LogP contribution in [0.5, 0.6) is 0 Å². The van der Waals surface area contributed by atoms with Crippen molar-refractivity contribution < 1.29 is 8.78 Å². The van der Waals surface area contributed by atoms with Gasteiger partial charge in [0.2, 0.25) is 0 Å². The Morgan fingerprint density at radius 2 is 1.63 bits per heavy atom. The lowest BCUT2D eigenvalue weighted by molar-refractivity contribution is 0.252. The van der Waals surface area contributed by atoms with Gasteiger partial charge in [0.1, 0.15) is 0 Å². The summed E-state index contributed by atoms with van der Waals surface area (Å²) in [6, 6.07) is 15.3. The van der Waals surface area contributed by atoms with E-state index in [1.54, 1.807) is 12.1 Å². The summed E-state index contributed by atoms with van der Waals surface area (Å²) in [6.45, 7) is 2.78. The van der Waals surface area contributed by atoms with Crippen LogP contribution in [0, 0.1) is 6.92 Å². The van der Waals surface area contributed by atoms with E-state index in [-0.39, 0.29) is 0 Å². The van der Waals surface area contributed by atoms with Gasteiger partial charge in [-0.3, -0.25) is 0 Å². The molecule has 0 aliphatic heterocycles. The summed E-state index contributed by atoms with van der Waals surface area (Å²) < 4.78 is 24.3. The number of hydrogen-bond acceptors (Lipinski definition) is 2. The Balaban J connectivity index is 1.91. The van der Waals surface area contributed by atoms with Gasteiger partial charge >= 0.3 is 0 Å². The molecule has 100 valence electrons. The Kier molecular flexibility index (Phi) is 4.80. The quantitative estimate of drug-likeness (QED) is 0.779. The number of rotatable bonds is 5. The summed E-state index contributed by atoms with van der Waals surface area (Å²) in [6.07, 6.45) is 0. The van der Waals surface area contributed by atoms with Gasteiger partial charge in [-0.2, -0.15) is 8.78 Å². The van der Waals surface area contributed by atoms with Gasteiger partial charge in [-0.1, -0.05) is 41.6 Å². The lowest BCUT2D eigenvalue weighted by Gasteiger charge is -2.08. The van der Waals surface area contributed by atoms with Crippen molar-refractivity contribution in [1.82, 2.24) is 0 Å². The van der Waals surface area contributed by atoms with Crippen molar-refractivity contribution in [2.75, 3.05) is 5.32 Å². The van der Waals surface area contributed by atoms with E-state index in [0.29, 0.717) is 16.7 Å². The highest BCUT2D eigenvalue weighted by molar-refractivity contribution is 7.99. The maximum Gasteiger partial charge on any atom is 0.288 e. The lowest BCUT2D eigenvalue weighted by Crippen LogP contribution is -1.99. The Labute approximate surface area is 116 Å². The third-order valence-corrected chi connectivity index (χ3v) is 3.42. The number of aryl methyl sites for hydroxylation is 1. The van der Waals surface area contributed by atoms with E-state index in [0.717, 1.165) is 12.2 Å². The van der Waals surface area contributed by atoms with E-state index in [1.807, 2.05) is 12.1 Å². The molecule has 1 nitrogen and oxygen atoms in total. The highest BCUT2D eigenvalue weighted by Gasteiger charge is 2.04. The molecular weight excluding hydrogens is 264 g/mol. The fourth-order valence-electron chi connectivity index (χ4n) is 1.66. The van der Waals surface area contributed by atoms with E-state index in [2.05, 4.69) is 36.5 Å². The third kappa shape index (κ3) is 4.56. The van der Waals surface area contributed by atoms with Crippen molar-refractivity contribution >= 4 is 17.4 Å². The second-order valence-electron chi connectivity index (χ2n) is 4.24. The van der Waals surface area contributed by atoms with Crippen LogP contribution in [-0.2, 0) is 6.54 Å². The van der Waals surface area contributed by atoms with Gasteiger partial charge in [0, 0.05) is 17.1 Å². The smallest absolute Gasteiger partial charge is 0.288 e. The van der Waals surface area contributed by atoms with E-state index in [9.17, 15) is 8.78 Å². The summed E-state index contributed by atoms with van der Waals surface area (Å²) in [5.41, 5.74) is 3.35. The van der Waals surface area contributed by atoms with Crippen LogP contribution in [0.15, 0.2) is 53.4 Å². The zero-order valence-electron chi connectivity index (χ0n) is 10.6. The van der Waals surface area contributed by atoms with Gasteiger partial charge < -0.3 is 5.32 Å². The van der Waals surface area contributed by atoms with E-state index in [1.165, 1.54) is 11.1 Å². The molecule has 0 atom stereocenters. The molecule has 1 N–H and O–H groups in total. The number of thioether (sulfide) groups is 1. The Morgan fingerprint density at radius 1 is 1.00 bits per heavy atom. The van der Waals surface area contributed by atoms with Gasteiger partial charge in [0.15, 0.2) is 0 Å². The first-order chi connectivity index (χ1) is 9.13. The molecule has 2 rings (SSSR count). The number of anilines is 1. The number of alkyl halides is 2. The van der Waals surface area contributed by atoms with Crippen molar-refractivity contribution in [3.8, 4) is 0 Å². The average molecular weight is 279 g/mol. The number of benzene rings is 2. The van der Waals surface area contributed by atoms with E-state index < -0.39 is 5.76 Å². The predicted molar refractivity (Wildman–Crippen MR) is 76.8 cm³/mol. The zero-order valence-corrected chi connectivity index (χ0v) is 11.4. The minimum Gasteiger partial charge on any atom is -0.381 e. The van der Waals surface area contributed by atoms with E-state index >= 15 is 0 Å². The van der Waals surface area contributed by atoms with E-state index in [4.69, 9.17) is 0 Å². The molecule has 0 unspecified atom stereocenters. The van der Waals surface area contributed by atoms with Crippen molar-refractivity contribution in [1.29, 1.82) is 0 Å². The Hall–Kier alpha value is -1.55. The molecule has 19 heavy (non-hydrogen) atoms. The SMILES string of the molecule is Cc1ccc(CNc2ccc(SC(F)F)cc2)cc1. The second-order valence-corrected chi connectivity index (χ2v) is 5.31. The van der Waals surface area contributed by atoms with Crippen molar-refractivity contribution in [3.05, 3.63) is 59.7 Å². The highest BCUT2D eigenvalue weighted by Crippen LogP contribution is 2.26. The number of halogens is 2. The van der Waals surface area contributed by atoms with Gasteiger partial charge in [0.25, 0.3) is 5.76 Å². The molecule has 0 fully saturated rings. The molecule has 2 aromatic rings. The van der Waals surface area contributed by atoms with Crippen LogP contribution in [-0.4, -0.2) is 5.76 Å². The fourth-order valence-corrected chi connectivity index (χ4v) is 2.16. The van der Waals surface area contributed by atoms with Gasteiger partial charge in [-0.15, -0.1) is 0 Å². The molecule has 0 bridgehead atoms. The van der Waals surface area contributed by atoms with Crippen LogP contribution >= 0.6 is 11.8 Å². The summed E-state index contributed by atoms with van der Waals surface area (Å²) in [4.78, 5) is 0.580. The molecule has 0 saturated heterocycles. The molecule has 0 saturated carbocycles. The molecule has 0 heterocycles. The molecule has 0 aliphatic rings. The fraction of sp³-hybridized carbons (Fsp3) is 0.200. The first kappa shape index (κ1) is 13.9. The monoisotopic (exact) mass is 279 g/mol. The van der Waals surface area contributed by atoms with Crippen LogP contribution in [0.2, 0.25) is 0 Å². The minimum absolute atomic E-state index is 0.562. The Morgan fingerprint density at radius 3 is 2.21 bits per heavy atom. The van der Waals surface area contributed by atoms with Gasteiger partial charge in [-0.25, -0.2) is 0 Å². The topological polar surface area (TPSA) is 12.0 Å². The van der Waals surface area contributed by atoms with Crippen molar-refractivity contribution in [2.24, 2.45) is 0 Å². The summed E-state index contributed by atoms with van der Waals surface area (Å²) in [7, 11) is 0. The first-order valence-corrected chi connectivity index (χ1v) is 6.86. The maximum absolute atomic E-state index is 12.2. The minimum atomic E-state index is -2.37. The van der Waals surface area contributed by atoms with Crippen LogP contribution in [0.1, 0.15) is 11.1 Å². The van der Waals surface area contributed by atoms with Crippen LogP contribution < -0.4 is 5.32 Å². The molecule has 4 heteroatoms. The maximum atomic E-state index is 12.2. The third-order valence-electron chi connectivity index (χ3n) is 2.70. The predicted octanol–water partition coefficient (Wildman–Crippen LogP) is 4.92. The normalized spacial score (nSPS) is 10.7. The van der Waals surface area contributed by atoms with Crippen molar-refractivity contribution in [3.63, 3.8) is 0 Å². The molecule has 0 radical (unpaired) electrons. The molecule has 0 aromatic heterocycles. The molecule has 0 spiro atoms. The van der Waals surface area contributed by atoms with Crippen LogP contribution in [0.3, 0.4) is 0 Å². The standard InChI is InChI=1S/C15H15F2NS/c1-11-2-4-12(5-3-11)10-18-13-6-8-14(9-7-13)19-15(16)17/h2-9,15,18H,10H2,1H3. The molecule has 0 amide bonds. The van der Waals surface area contributed by atoms with Crippen LogP contribution in [0.25, 0.3) is 0 Å². The first-order valence-electron chi connectivity index (χ1n) is 5.98. The second kappa shape index (κ2) is 6.57. The highest BCUT2D eigenvalue weighted by atomic mass is 32.2. The van der Waals surface area contributed by atoms with Crippen molar-refractivity contribution in [2.45, 2.75) is 24.1 Å². The molecule has 2 aromatic carbocycles. The molecule has 0 aliphatic carbocycles. The largest absolute Gasteiger partial charge is 0.381 e. The Bertz CT molecular complexity index is 509. The molecular formula is C15H15F2NS. The summed E-state index contributed by atoms with van der Waals surface area (Å²) in [5.74, 6) is -2.37. The van der Waals surface area contributed by atoms with Gasteiger partial charge in [0.05, 0.1) is 0 Å². The van der Waals surface area contributed by atoms with Gasteiger partial charge in [-0.05, 0) is 36.8 Å². The number of hydrogen-bond donors (Lipinski definition) is 1. The van der Waals surface area contributed by atoms with Crippen LogP contribution in [0.4, 0.5) is 14.5 Å². The summed E-state index contributed by atoms with van der Waals surface area (Å²) in [5, 5.41) is 3.26. The average Bonchev–Trinajstić information content (AvgIpc) is 2.39. The lowest BCUT2D eigenvalue weighted by atomic mass is 10.1. The summed E-state index contributed by atoms with van der Waals surface area (Å²) >= 11 is 0.562.